The van der Waals surface area contributed by atoms with Crippen LogP contribution in [0.1, 0.15) is 69.5 Å². The quantitative estimate of drug-likeness (QED) is 0.884. The first kappa shape index (κ1) is 14.2. The summed E-state index contributed by atoms with van der Waals surface area (Å²) in [6.07, 6.45) is 5.06. The fourth-order valence-electron chi connectivity index (χ4n) is 3.98. The first-order chi connectivity index (χ1) is 9.55. The Bertz CT molecular complexity index is 469. The Morgan fingerprint density at radius 3 is 2.80 bits per heavy atom. The van der Waals surface area contributed by atoms with Crippen LogP contribution in [-0.2, 0) is 0 Å². The standard InChI is InChI=1S/C17H27NO2/c1-11-4-3-7-17(9-11,10-18)16(19)15-6-5-14(20-15)13-8-12(13)2/h5-6,11-13,16,19H,3-4,7-10,18H2,1-2H3. The minimum atomic E-state index is -0.557. The molecule has 20 heavy (non-hydrogen) atoms. The van der Waals surface area contributed by atoms with Crippen molar-refractivity contribution in [3.05, 3.63) is 23.7 Å². The molecular weight excluding hydrogens is 250 g/mol. The number of hydrogen-bond donors (Lipinski definition) is 2. The van der Waals surface area contributed by atoms with E-state index in [1.165, 1.54) is 12.8 Å². The van der Waals surface area contributed by atoms with E-state index in [-0.39, 0.29) is 5.41 Å². The van der Waals surface area contributed by atoms with Gasteiger partial charge in [0, 0.05) is 17.9 Å². The van der Waals surface area contributed by atoms with Gasteiger partial charge in [-0.3, -0.25) is 0 Å². The zero-order chi connectivity index (χ0) is 14.3. The highest BCUT2D eigenvalue weighted by atomic mass is 16.4. The number of aliphatic hydroxyl groups is 1. The highest BCUT2D eigenvalue weighted by molar-refractivity contribution is 5.20. The van der Waals surface area contributed by atoms with Gasteiger partial charge in [0.15, 0.2) is 0 Å². The molecule has 0 aliphatic heterocycles. The lowest BCUT2D eigenvalue weighted by atomic mass is 9.66. The van der Waals surface area contributed by atoms with Gasteiger partial charge in [0.2, 0.25) is 0 Å². The summed E-state index contributed by atoms with van der Waals surface area (Å²) in [5, 5.41) is 10.8. The summed E-state index contributed by atoms with van der Waals surface area (Å²) >= 11 is 0. The van der Waals surface area contributed by atoms with Gasteiger partial charge in [0.05, 0.1) is 0 Å². The Balaban J connectivity index is 1.79. The molecule has 1 aromatic rings. The second-order valence-corrected chi connectivity index (χ2v) is 7.23. The van der Waals surface area contributed by atoms with Crippen molar-refractivity contribution in [1.29, 1.82) is 0 Å². The topological polar surface area (TPSA) is 59.4 Å². The smallest absolute Gasteiger partial charge is 0.133 e. The summed E-state index contributed by atoms with van der Waals surface area (Å²) in [7, 11) is 0. The number of aliphatic hydroxyl groups excluding tert-OH is 1. The van der Waals surface area contributed by atoms with Crippen LogP contribution in [0.5, 0.6) is 0 Å². The summed E-state index contributed by atoms with van der Waals surface area (Å²) < 4.78 is 5.95. The zero-order valence-electron chi connectivity index (χ0n) is 12.6. The second-order valence-electron chi connectivity index (χ2n) is 7.23. The van der Waals surface area contributed by atoms with Crippen molar-refractivity contribution in [2.45, 2.75) is 58.0 Å². The summed E-state index contributed by atoms with van der Waals surface area (Å²) in [6, 6.07) is 4.00. The van der Waals surface area contributed by atoms with Crippen molar-refractivity contribution in [3.8, 4) is 0 Å². The molecule has 0 spiro atoms. The third-order valence-corrected chi connectivity index (χ3v) is 5.51. The normalized spacial score (nSPS) is 38.7. The van der Waals surface area contributed by atoms with Crippen molar-refractivity contribution in [2.24, 2.45) is 23.0 Å². The van der Waals surface area contributed by atoms with Crippen LogP contribution in [0.2, 0.25) is 0 Å². The lowest BCUT2D eigenvalue weighted by Crippen LogP contribution is -2.40. The lowest BCUT2D eigenvalue weighted by molar-refractivity contribution is -0.0261. The van der Waals surface area contributed by atoms with Crippen molar-refractivity contribution in [1.82, 2.24) is 0 Å². The predicted octanol–water partition coefficient (Wildman–Crippen LogP) is 3.59. The number of hydrogen-bond acceptors (Lipinski definition) is 3. The highest BCUT2D eigenvalue weighted by Gasteiger charge is 2.43. The van der Waals surface area contributed by atoms with Crippen LogP contribution in [0.4, 0.5) is 0 Å². The molecule has 3 heteroatoms. The molecule has 0 radical (unpaired) electrons. The molecule has 2 aliphatic carbocycles. The van der Waals surface area contributed by atoms with Crippen LogP contribution in [0.15, 0.2) is 16.5 Å². The Hall–Kier alpha value is -0.800. The molecule has 0 amide bonds. The van der Waals surface area contributed by atoms with Crippen molar-refractivity contribution in [2.75, 3.05) is 6.54 Å². The number of rotatable bonds is 4. The van der Waals surface area contributed by atoms with Crippen molar-refractivity contribution >= 4 is 0 Å². The van der Waals surface area contributed by atoms with E-state index in [1.807, 2.05) is 12.1 Å². The lowest BCUT2D eigenvalue weighted by Gasteiger charge is -2.42. The van der Waals surface area contributed by atoms with Crippen LogP contribution < -0.4 is 5.73 Å². The largest absolute Gasteiger partial charge is 0.463 e. The Labute approximate surface area is 121 Å². The van der Waals surface area contributed by atoms with Gasteiger partial charge in [-0.2, -0.15) is 0 Å². The average Bonchev–Trinajstić information content (AvgIpc) is 2.99. The molecule has 3 rings (SSSR count). The van der Waals surface area contributed by atoms with Crippen LogP contribution >= 0.6 is 0 Å². The third kappa shape index (κ3) is 2.42. The van der Waals surface area contributed by atoms with Crippen LogP contribution in [-0.4, -0.2) is 11.7 Å². The van der Waals surface area contributed by atoms with E-state index in [2.05, 4.69) is 13.8 Å². The monoisotopic (exact) mass is 277 g/mol. The number of nitrogens with two attached hydrogens (primary N) is 1. The van der Waals surface area contributed by atoms with Gasteiger partial charge in [-0.15, -0.1) is 0 Å². The maximum absolute atomic E-state index is 10.8. The molecule has 2 saturated carbocycles. The maximum atomic E-state index is 10.8. The molecule has 5 unspecified atom stereocenters. The molecule has 2 fully saturated rings. The summed E-state index contributed by atoms with van der Waals surface area (Å²) in [4.78, 5) is 0. The summed E-state index contributed by atoms with van der Waals surface area (Å²) in [6.45, 7) is 5.04. The molecule has 3 nitrogen and oxygen atoms in total. The molecular formula is C17H27NO2. The van der Waals surface area contributed by atoms with Gasteiger partial charge >= 0.3 is 0 Å². The molecule has 1 aromatic heterocycles. The Morgan fingerprint density at radius 2 is 2.20 bits per heavy atom. The third-order valence-electron chi connectivity index (χ3n) is 5.51. The van der Waals surface area contributed by atoms with Gasteiger partial charge in [-0.1, -0.05) is 26.7 Å². The zero-order valence-corrected chi connectivity index (χ0v) is 12.6. The fraction of sp³-hybridized carbons (Fsp3) is 0.765. The molecule has 112 valence electrons. The first-order valence-corrected chi connectivity index (χ1v) is 8.03. The van der Waals surface area contributed by atoms with E-state index in [0.717, 1.165) is 36.7 Å². The molecule has 0 bridgehead atoms. The number of furan rings is 1. The SMILES string of the molecule is CC1CCCC(CN)(C(O)c2ccc(C3CC3C)o2)C1. The molecule has 2 aliphatic rings. The van der Waals surface area contributed by atoms with E-state index < -0.39 is 6.10 Å². The minimum Gasteiger partial charge on any atom is -0.463 e. The van der Waals surface area contributed by atoms with E-state index in [1.54, 1.807) is 0 Å². The van der Waals surface area contributed by atoms with E-state index in [9.17, 15) is 5.11 Å². The Morgan fingerprint density at radius 1 is 1.45 bits per heavy atom. The van der Waals surface area contributed by atoms with Crippen molar-refractivity contribution in [3.63, 3.8) is 0 Å². The predicted molar refractivity (Wildman–Crippen MR) is 79.3 cm³/mol. The summed E-state index contributed by atoms with van der Waals surface area (Å²) in [5.41, 5.74) is 5.85. The second kappa shape index (κ2) is 5.19. The van der Waals surface area contributed by atoms with Crippen LogP contribution in [0, 0.1) is 17.3 Å². The average molecular weight is 277 g/mol. The summed E-state index contributed by atoms with van der Waals surface area (Å²) in [5.74, 6) is 3.69. The highest BCUT2D eigenvalue weighted by Crippen LogP contribution is 2.50. The van der Waals surface area contributed by atoms with E-state index in [4.69, 9.17) is 10.2 Å². The minimum absolute atomic E-state index is 0.193. The molecule has 3 N–H and O–H groups in total. The van der Waals surface area contributed by atoms with E-state index >= 15 is 0 Å². The maximum Gasteiger partial charge on any atom is 0.133 e. The van der Waals surface area contributed by atoms with Gasteiger partial charge in [-0.25, -0.2) is 0 Å². The van der Waals surface area contributed by atoms with Gasteiger partial charge < -0.3 is 15.3 Å². The molecule has 5 atom stereocenters. The van der Waals surface area contributed by atoms with E-state index in [0.29, 0.717) is 18.4 Å². The first-order valence-electron chi connectivity index (χ1n) is 8.03. The van der Waals surface area contributed by atoms with Crippen molar-refractivity contribution < 1.29 is 9.52 Å². The van der Waals surface area contributed by atoms with Gasteiger partial charge in [0.25, 0.3) is 0 Å². The van der Waals surface area contributed by atoms with Crippen LogP contribution in [0.3, 0.4) is 0 Å². The van der Waals surface area contributed by atoms with Gasteiger partial charge in [-0.05, 0) is 43.2 Å². The molecule has 0 aromatic carbocycles. The van der Waals surface area contributed by atoms with Gasteiger partial charge in [0.1, 0.15) is 17.6 Å². The fourth-order valence-corrected chi connectivity index (χ4v) is 3.98. The van der Waals surface area contributed by atoms with Crippen LogP contribution in [0.25, 0.3) is 0 Å². The molecule has 1 heterocycles. The Kier molecular flexibility index (Phi) is 3.67. The molecule has 0 saturated heterocycles.